The average molecular weight is 487 g/mol. The maximum Gasteiger partial charge on any atom is 0.254 e. The number of carbonyl (C=O) groups is 3. The van der Waals surface area contributed by atoms with E-state index in [2.05, 4.69) is 10.1 Å². The van der Waals surface area contributed by atoms with Crippen molar-refractivity contribution in [2.75, 3.05) is 26.2 Å². The van der Waals surface area contributed by atoms with Crippen LogP contribution in [-0.2, 0) is 16.0 Å². The first kappa shape index (κ1) is 24.5. The molecule has 2 aromatic rings. The van der Waals surface area contributed by atoms with Gasteiger partial charge in [0.2, 0.25) is 17.5 Å². The third-order valence-corrected chi connectivity index (χ3v) is 5.37. The summed E-state index contributed by atoms with van der Waals surface area (Å²) in [5.41, 5.74) is 1.29. The number of benzene rings is 2. The molecule has 0 spiro atoms. The maximum atomic E-state index is 13.5. The van der Waals surface area contributed by atoms with Crippen LogP contribution in [0.15, 0.2) is 24.3 Å². The summed E-state index contributed by atoms with van der Waals surface area (Å²) in [6, 6.07) is 5.05. The fraction of sp³-hybridized carbons (Fsp3) is 0.318. The van der Waals surface area contributed by atoms with E-state index in [-0.39, 0.29) is 25.1 Å². The van der Waals surface area contributed by atoms with Crippen LogP contribution in [0.1, 0.15) is 22.8 Å². The summed E-state index contributed by atoms with van der Waals surface area (Å²) in [6.45, 7) is 0.744. The van der Waals surface area contributed by atoms with Gasteiger partial charge in [-0.1, -0.05) is 24.6 Å². The lowest BCUT2D eigenvalue weighted by atomic mass is 9.96. The second-order valence-electron chi connectivity index (χ2n) is 7.40. The second kappa shape index (κ2) is 10.2. The molecule has 0 bridgehead atoms. The summed E-state index contributed by atoms with van der Waals surface area (Å²) in [4.78, 5) is 38.2. The van der Waals surface area contributed by atoms with Crippen molar-refractivity contribution in [3.63, 3.8) is 0 Å². The predicted molar refractivity (Wildman–Crippen MR) is 110 cm³/mol. The van der Waals surface area contributed by atoms with Crippen LogP contribution in [0.3, 0.4) is 0 Å². The van der Waals surface area contributed by atoms with Crippen molar-refractivity contribution in [1.82, 2.24) is 10.2 Å². The molecule has 0 unspecified atom stereocenters. The van der Waals surface area contributed by atoms with Gasteiger partial charge < -0.3 is 15.0 Å². The van der Waals surface area contributed by atoms with Gasteiger partial charge in [0.25, 0.3) is 5.91 Å². The Morgan fingerprint density at radius 2 is 1.73 bits per heavy atom. The number of nitrogens with one attached hydrogen (secondary N) is 1. The van der Waals surface area contributed by atoms with Crippen LogP contribution >= 0.6 is 11.6 Å². The molecular weight excluding hydrogens is 468 g/mol. The van der Waals surface area contributed by atoms with Gasteiger partial charge >= 0.3 is 0 Å². The summed E-state index contributed by atoms with van der Waals surface area (Å²) in [5.74, 6) is -10.3. The van der Waals surface area contributed by atoms with E-state index in [1.165, 1.54) is 4.90 Å². The molecule has 176 valence electrons. The number of aryl methyl sites for hydroxylation is 1. The largest absolute Gasteiger partial charge is 0.479 e. The number of ether oxygens (including phenoxy) is 1. The van der Waals surface area contributed by atoms with Crippen LogP contribution in [0, 0.1) is 29.2 Å². The Bertz CT molecular complexity index is 1080. The highest BCUT2D eigenvalue weighted by atomic mass is 35.5. The Morgan fingerprint density at radius 1 is 1.09 bits per heavy atom. The zero-order chi connectivity index (χ0) is 24.3. The van der Waals surface area contributed by atoms with Gasteiger partial charge in [0, 0.05) is 29.7 Å². The van der Waals surface area contributed by atoms with Gasteiger partial charge in [0.1, 0.15) is 6.61 Å². The highest BCUT2D eigenvalue weighted by molar-refractivity contribution is 6.31. The van der Waals surface area contributed by atoms with E-state index < -0.39 is 59.8 Å². The van der Waals surface area contributed by atoms with Crippen LogP contribution in [0.5, 0.6) is 5.75 Å². The van der Waals surface area contributed by atoms with E-state index in [0.29, 0.717) is 17.0 Å². The molecule has 2 aromatic carbocycles. The number of carbonyl (C=O) groups excluding carboxylic acids is 3. The SMILES string of the molecule is CCc1ccc(Cl)cc1C(=O)N1CC(C(=O)NCC(=O)COc2c(F)c(F)cc(F)c2F)C1. The first-order valence-corrected chi connectivity index (χ1v) is 10.3. The van der Waals surface area contributed by atoms with Gasteiger partial charge in [-0.05, 0) is 24.1 Å². The third-order valence-electron chi connectivity index (χ3n) is 5.13. The molecule has 1 heterocycles. The number of Topliss-reactive ketones (excluding diaryl/α,β-unsaturated/α-hetero) is 1. The van der Waals surface area contributed by atoms with E-state index in [9.17, 15) is 31.9 Å². The first-order valence-electron chi connectivity index (χ1n) is 9.95. The van der Waals surface area contributed by atoms with Gasteiger partial charge in [-0.2, -0.15) is 8.78 Å². The van der Waals surface area contributed by atoms with Crippen LogP contribution in [0.2, 0.25) is 5.02 Å². The van der Waals surface area contributed by atoms with Crippen molar-refractivity contribution < 1.29 is 36.7 Å². The van der Waals surface area contributed by atoms with Gasteiger partial charge in [0.05, 0.1) is 12.5 Å². The minimum absolute atomic E-state index is 0.0155. The highest BCUT2D eigenvalue weighted by Gasteiger charge is 2.36. The van der Waals surface area contributed by atoms with E-state index in [4.69, 9.17) is 11.6 Å². The molecule has 0 aliphatic carbocycles. The Balaban J connectivity index is 1.47. The maximum absolute atomic E-state index is 13.5. The van der Waals surface area contributed by atoms with Gasteiger partial charge in [-0.25, -0.2) is 8.78 Å². The highest BCUT2D eigenvalue weighted by Crippen LogP contribution is 2.26. The molecule has 1 aliphatic rings. The zero-order valence-corrected chi connectivity index (χ0v) is 18.1. The van der Waals surface area contributed by atoms with Crippen LogP contribution in [0.4, 0.5) is 17.6 Å². The molecule has 2 amide bonds. The lowest BCUT2D eigenvalue weighted by molar-refractivity contribution is -0.131. The molecule has 0 aromatic heterocycles. The fourth-order valence-electron chi connectivity index (χ4n) is 3.25. The molecule has 1 aliphatic heterocycles. The topological polar surface area (TPSA) is 75.7 Å². The van der Waals surface area contributed by atoms with Gasteiger partial charge in [-0.3, -0.25) is 14.4 Å². The summed E-state index contributed by atoms with van der Waals surface area (Å²) >= 11 is 5.98. The molecule has 0 atom stereocenters. The number of nitrogens with zero attached hydrogens (tertiary/aromatic N) is 1. The van der Waals surface area contributed by atoms with Crippen molar-refractivity contribution in [1.29, 1.82) is 0 Å². The van der Waals surface area contributed by atoms with Gasteiger partial charge in [0.15, 0.2) is 23.2 Å². The summed E-state index contributed by atoms with van der Waals surface area (Å²) in [7, 11) is 0. The van der Waals surface area contributed by atoms with Crippen molar-refractivity contribution in [2.24, 2.45) is 5.92 Å². The molecule has 3 rings (SSSR count). The van der Waals surface area contributed by atoms with Crippen LogP contribution in [0.25, 0.3) is 0 Å². The minimum atomic E-state index is -1.77. The van der Waals surface area contributed by atoms with Crippen molar-refractivity contribution in [3.8, 4) is 5.75 Å². The number of amides is 2. The number of halogens is 5. The smallest absolute Gasteiger partial charge is 0.254 e. The monoisotopic (exact) mass is 486 g/mol. The van der Waals surface area contributed by atoms with E-state index in [1.54, 1.807) is 18.2 Å². The van der Waals surface area contributed by atoms with E-state index in [0.717, 1.165) is 5.56 Å². The molecule has 33 heavy (non-hydrogen) atoms. The molecule has 6 nitrogen and oxygen atoms in total. The third kappa shape index (κ3) is 5.44. The molecular formula is C22H19ClF4N2O4. The van der Waals surface area contributed by atoms with E-state index >= 15 is 0 Å². The van der Waals surface area contributed by atoms with Crippen LogP contribution in [-0.4, -0.2) is 48.7 Å². The lowest BCUT2D eigenvalue weighted by Crippen LogP contribution is -2.56. The fourth-order valence-corrected chi connectivity index (χ4v) is 3.42. The molecule has 1 saturated heterocycles. The van der Waals surface area contributed by atoms with E-state index in [1.807, 2.05) is 6.92 Å². The van der Waals surface area contributed by atoms with Crippen LogP contribution < -0.4 is 10.1 Å². The molecule has 11 heteroatoms. The number of likely N-dealkylation sites (tertiary alicyclic amines) is 1. The van der Waals surface area contributed by atoms with Crippen molar-refractivity contribution >= 4 is 29.2 Å². The Morgan fingerprint density at radius 3 is 2.33 bits per heavy atom. The first-order chi connectivity index (χ1) is 15.6. The lowest BCUT2D eigenvalue weighted by Gasteiger charge is -2.38. The molecule has 0 saturated carbocycles. The molecule has 1 fully saturated rings. The predicted octanol–water partition coefficient (Wildman–Crippen LogP) is 3.30. The zero-order valence-electron chi connectivity index (χ0n) is 17.4. The quantitative estimate of drug-likeness (QED) is 0.459. The standard InChI is InChI=1S/C22H19ClF4N2O4/c1-2-11-3-4-13(23)5-15(11)22(32)29-8-12(9-29)21(31)28-7-14(30)10-33-20-18(26)16(24)6-17(25)19(20)27/h3-6,12H,2,7-10H2,1H3,(H,28,31). The summed E-state index contributed by atoms with van der Waals surface area (Å²) < 4.78 is 57.9. The van der Waals surface area contributed by atoms with Crippen molar-refractivity contribution in [3.05, 3.63) is 63.7 Å². The Labute approximate surface area is 191 Å². The number of rotatable bonds is 8. The average Bonchev–Trinajstić information content (AvgIpc) is 2.75. The summed E-state index contributed by atoms with van der Waals surface area (Å²) in [5, 5.41) is 2.76. The minimum Gasteiger partial charge on any atom is -0.479 e. The number of hydrogen-bond donors (Lipinski definition) is 1. The Kier molecular flexibility index (Phi) is 7.57. The molecule has 1 N–H and O–H groups in total. The molecule has 0 radical (unpaired) electrons. The number of hydrogen-bond acceptors (Lipinski definition) is 4. The van der Waals surface area contributed by atoms with Gasteiger partial charge in [-0.15, -0.1) is 0 Å². The summed E-state index contributed by atoms with van der Waals surface area (Å²) in [6.07, 6.45) is 0.635. The Hall–Kier alpha value is -3.14. The normalized spacial score (nSPS) is 13.5. The van der Waals surface area contributed by atoms with Crippen molar-refractivity contribution in [2.45, 2.75) is 13.3 Å². The second-order valence-corrected chi connectivity index (χ2v) is 7.84. The number of ketones is 1.